The third-order valence-electron chi connectivity index (χ3n) is 5.54. The van der Waals surface area contributed by atoms with Crippen molar-refractivity contribution in [1.29, 1.82) is 0 Å². The molecular formula is C25H24ClN3O4. The first-order valence-electron chi connectivity index (χ1n) is 10.7. The molecule has 2 N–H and O–H groups in total. The number of nitrogens with zero attached hydrogens (tertiary/aromatic N) is 2. The summed E-state index contributed by atoms with van der Waals surface area (Å²) in [4.78, 5) is 15.7. The summed E-state index contributed by atoms with van der Waals surface area (Å²) < 4.78 is 11.1. The molecule has 0 amide bonds. The maximum Gasteiger partial charge on any atom is 0.306 e. The van der Waals surface area contributed by atoms with Crippen LogP contribution < -0.4 is 10.1 Å². The Hall–Kier alpha value is -3.50. The molecule has 4 rings (SSSR count). The fourth-order valence-electron chi connectivity index (χ4n) is 3.93. The van der Waals surface area contributed by atoms with Crippen LogP contribution in [-0.2, 0) is 4.79 Å². The summed E-state index contributed by atoms with van der Waals surface area (Å²) in [6.07, 6.45) is 7.78. The minimum absolute atomic E-state index is 0.0141. The molecule has 0 aliphatic heterocycles. The molecule has 2 aromatic carbocycles. The minimum atomic E-state index is -0.748. The Labute approximate surface area is 197 Å². The second kappa shape index (κ2) is 9.55. The summed E-state index contributed by atoms with van der Waals surface area (Å²) in [5.41, 5.74) is 2.82. The average Bonchev–Trinajstić information content (AvgIpc) is 3.45. The molecule has 1 fully saturated rings. The second-order valence-corrected chi connectivity index (χ2v) is 8.74. The number of nitrogens with one attached hydrogen (secondary N) is 1. The Kier molecular flexibility index (Phi) is 6.57. The van der Waals surface area contributed by atoms with E-state index >= 15 is 0 Å². The normalized spacial score (nSPS) is 17.7. The number of aromatic nitrogens is 2. The highest BCUT2D eigenvalue weighted by molar-refractivity contribution is 6.32. The molecular weight excluding hydrogens is 442 g/mol. The van der Waals surface area contributed by atoms with Gasteiger partial charge in [0.1, 0.15) is 5.75 Å². The highest BCUT2D eigenvalue weighted by Crippen LogP contribution is 2.33. The lowest BCUT2D eigenvalue weighted by atomic mass is 10.1. The highest BCUT2D eigenvalue weighted by Gasteiger charge is 2.30. The van der Waals surface area contributed by atoms with Crippen LogP contribution in [0.4, 0.5) is 5.69 Å². The summed E-state index contributed by atoms with van der Waals surface area (Å²) in [5.74, 6) is 2.95. The van der Waals surface area contributed by atoms with Gasteiger partial charge < -0.3 is 19.7 Å². The lowest BCUT2D eigenvalue weighted by Gasteiger charge is -2.16. The number of benzene rings is 2. The maximum absolute atomic E-state index is 11.2. The van der Waals surface area contributed by atoms with Crippen LogP contribution >= 0.6 is 11.6 Å². The standard InChI is InChI=1S/C25H24ClN3O4/c1-4-15-11-17(6-9-21(15)27-19-8-5-18(12-19)25(30)31)24-28-23(29-33-24)16-7-10-22(20(26)13-16)32-14(2)3/h1,6-7,9-11,13-14,18-19,27H,5,8,12H2,2-3H3,(H,30,31)/t18-,19?/m1/s1. The van der Waals surface area contributed by atoms with Gasteiger partial charge in [-0.2, -0.15) is 4.98 Å². The number of halogens is 1. The number of aliphatic carboxylic acids is 1. The zero-order chi connectivity index (χ0) is 23.5. The Bertz CT molecular complexity index is 1210. The molecule has 33 heavy (non-hydrogen) atoms. The van der Waals surface area contributed by atoms with Crippen LogP contribution in [0.15, 0.2) is 40.9 Å². The molecule has 3 aromatic rings. The van der Waals surface area contributed by atoms with Gasteiger partial charge in [0.2, 0.25) is 5.82 Å². The first kappa shape index (κ1) is 22.7. The van der Waals surface area contributed by atoms with Gasteiger partial charge in [-0.15, -0.1) is 6.42 Å². The number of hydrogen-bond acceptors (Lipinski definition) is 6. The van der Waals surface area contributed by atoms with Crippen molar-refractivity contribution in [2.75, 3.05) is 5.32 Å². The molecule has 170 valence electrons. The third kappa shape index (κ3) is 5.12. The molecule has 0 bridgehead atoms. The minimum Gasteiger partial charge on any atom is -0.489 e. The van der Waals surface area contributed by atoms with E-state index in [1.807, 2.05) is 32.0 Å². The van der Waals surface area contributed by atoms with Gasteiger partial charge in [0.15, 0.2) is 0 Å². The highest BCUT2D eigenvalue weighted by atomic mass is 35.5. The van der Waals surface area contributed by atoms with Crippen molar-refractivity contribution < 1.29 is 19.2 Å². The molecule has 8 heteroatoms. The molecule has 0 saturated heterocycles. The van der Waals surface area contributed by atoms with E-state index in [0.29, 0.717) is 52.0 Å². The predicted molar refractivity (Wildman–Crippen MR) is 126 cm³/mol. The predicted octanol–water partition coefficient (Wildman–Crippen LogP) is 5.49. The number of terminal acetylenes is 1. The van der Waals surface area contributed by atoms with E-state index in [1.54, 1.807) is 18.2 Å². The SMILES string of the molecule is C#Cc1cc(-c2nc(-c3ccc(OC(C)C)c(Cl)c3)no2)ccc1NC1CC[C@@H](C(=O)O)C1. The molecule has 1 aromatic heterocycles. The number of carbonyl (C=O) groups is 1. The van der Waals surface area contributed by atoms with Gasteiger partial charge in [-0.1, -0.05) is 22.7 Å². The first-order valence-corrected chi connectivity index (χ1v) is 11.1. The van der Waals surface area contributed by atoms with Gasteiger partial charge in [0.25, 0.3) is 5.89 Å². The van der Waals surface area contributed by atoms with E-state index in [0.717, 1.165) is 12.1 Å². The summed E-state index contributed by atoms with van der Waals surface area (Å²) in [5, 5.41) is 17.1. The Morgan fingerprint density at radius 1 is 1.27 bits per heavy atom. The number of rotatable bonds is 7. The first-order chi connectivity index (χ1) is 15.8. The molecule has 0 spiro atoms. The molecule has 7 nitrogen and oxygen atoms in total. The smallest absolute Gasteiger partial charge is 0.306 e. The van der Waals surface area contributed by atoms with E-state index in [4.69, 9.17) is 27.3 Å². The molecule has 1 heterocycles. The van der Waals surface area contributed by atoms with Gasteiger partial charge in [0.05, 0.1) is 22.7 Å². The molecule has 1 aliphatic rings. The van der Waals surface area contributed by atoms with Crippen molar-refractivity contribution in [3.63, 3.8) is 0 Å². The van der Waals surface area contributed by atoms with Crippen molar-refractivity contribution >= 4 is 23.3 Å². The monoisotopic (exact) mass is 465 g/mol. The molecule has 2 atom stereocenters. The van der Waals surface area contributed by atoms with E-state index < -0.39 is 5.97 Å². The Morgan fingerprint density at radius 2 is 2.06 bits per heavy atom. The van der Waals surface area contributed by atoms with Crippen LogP contribution in [-0.4, -0.2) is 33.4 Å². The van der Waals surface area contributed by atoms with Crippen LogP contribution in [0.1, 0.15) is 38.7 Å². The lowest BCUT2D eigenvalue weighted by Crippen LogP contribution is -2.18. The fraction of sp³-hybridized carbons (Fsp3) is 0.320. The van der Waals surface area contributed by atoms with Gasteiger partial charge >= 0.3 is 5.97 Å². The van der Waals surface area contributed by atoms with Crippen LogP contribution in [0.25, 0.3) is 22.8 Å². The number of carboxylic acids is 1. The maximum atomic E-state index is 11.2. The number of anilines is 1. The van der Waals surface area contributed by atoms with Crippen LogP contribution in [0.5, 0.6) is 5.75 Å². The largest absolute Gasteiger partial charge is 0.489 e. The average molecular weight is 466 g/mol. The zero-order valence-corrected chi connectivity index (χ0v) is 19.1. The zero-order valence-electron chi connectivity index (χ0n) is 18.3. The molecule has 1 saturated carbocycles. The quantitative estimate of drug-likeness (QED) is 0.445. The van der Waals surface area contributed by atoms with Crippen LogP contribution in [0.3, 0.4) is 0 Å². The Morgan fingerprint density at radius 3 is 2.73 bits per heavy atom. The third-order valence-corrected chi connectivity index (χ3v) is 5.84. The van der Waals surface area contributed by atoms with Gasteiger partial charge in [0, 0.05) is 22.7 Å². The summed E-state index contributed by atoms with van der Waals surface area (Å²) >= 11 is 6.33. The number of ether oxygens (including phenoxy) is 1. The Balaban J connectivity index is 1.52. The summed E-state index contributed by atoms with van der Waals surface area (Å²) in [6.45, 7) is 3.86. The van der Waals surface area contributed by atoms with Crippen molar-refractivity contribution in [1.82, 2.24) is 10.1 Å². The van der Waals surface area contributed by atoms with Gasteiger partial charge in [-0.05, 0) is 69.5 Å². The van der Waals surface area contributed by atoms with E-state index in [9.17, 15) is 9.90 Å². The van der Waals surface area contributed by atoms with Gasteiger partial charge in [-0.25, -0.2) is 0 Å². The van der Waals surface area contributed by atoms with Crippen molar-refractivity contribution in [2.24, 2.45) is 5.92 Å². The van der Waals surface area contributed by atoms with Crippen LogP contribution in [0.2, 0.25) is 5.02 Å². The summed E-state index contributed by atoms with van der Waals surface area (Å²) in [7, 11) is 0. The van der Waals surface area contributed by atoms with Crippen molar-refractivity contribution in [3.05, 3.63) is 47.0 Å². The van der Waals surface area contributed by atoms with Crippen molar-refractivity contribution in [2.45, 2.75) is 45.3 Å². The topological polar surface area (TPSA) is 97.5 Å². The van der Waals surface area contributed by atoms with Crippen LogP contribution in [0, 0.1) is 18.3 Å². The van der Waals surface area contributed by atoms with E-state index in [1.165, 1.54) is 0 Å². The molecule has 0 radical (unpaired) electrons. The lowest BCUT2D eigenvalue weighted by molar-refractivity contribution is -0.141. The second-order valence-electron chi connectivity index (χ2n) is 8.33. The molecule has 1 aliphatic carbocycles. The van der Waals surface area contributed by atoms with E-state index in [-0.39, 0.29) is 18.1 Å². The number of carboxylic acid groups (broad SMARTS) is 1. The van der Waals surface area contributed by atoms with Gasteiger partial charge in [-0.3, -0.25) is 4.79 Å². The van der Waals surface area contributed by atoms with E-state index in [2.05, 4.69) is 21.4 Å². The number of hydrogen-bond donors (Lipinski definition) is 2. The van der Waals surface area contributed by atoms with Crippen molar-refractivity contribution in [3.8, 4) is 40.9 Å². The molecule has 1 unspecified atom stereocenters. The summed E-state index contributed by atoms with van der Waals surface area (Å²) in [6, 6.07) is 10.9. The fourth-order valence-corrected chi connectivity index (χ4v) is 4.15.